The number of esters is 1. The summed E-state index contributed by atoms with van der Waals surface area (Å²) in [6.07, 6.45) is 2.11. The summed E-state index contributed by atoms with van der Waals surface area (Å²) >= 11 is 3.17. The quantitative estimate of drug-likeness (QED) is 0.727. The van der Waals surface area contributed by atoms with Crippen molar-refractivity contribution in [3.05, 3.63) is 28.2 Å². The van der Waals surface area contributed by atoms with E-state index in [0.717, 1.165) is 12.8 Å². The van der Waals surface area contributed by atoms with Crippen LogP contribution in [0, 0.1) is 5.92 Å². The summed E-state index contributed by atoms with van der Waals surface area (Å²) < 4.78 is 31.9. The van der Waals surface area contributed by atoms with Crippen LogP contribution in [0.4, 0.5) is 0 Å². The lowest BCUT2D eigenvalue weighted by atomic mass is 10.2. The van der Waals surface area contributed by atoms with Crippen LogP contribution in [-0.4, -0.2) is 34.1 Å². The van der Waals surface area contributed by atoms with Crippen molar-refractivity contribution in [2.45, 2.75) is 23.8 Å². The molecule has 1 aromatic rings. The molecule has 0 radical (unpaired) electrons. The highest BCUT2D eigenvalue weighted by molar-refractivity contribution is 9.10. The van der Waals surface area contributed by atoms with Gasteiger partial charge in [0.2, 0.25) is 10.0 Å². The number of rotatable bonds is 6. The van der Waals surface area contributed by atoms with E-state index in [1.807, 2.05) is 0 Å². The lowest BCUT2D eigenvalue weighted by molar-refractivity contribution is 0.0600. The zero-order chi connectivity index (χ0) is 15.6. The van der Waals surface area contributed by atoms with Crippen LogP contribution in [-0.2, 0) is 14.8 Å². The number of nitrogens with one attached hydrogen (secondary N) is 1. The summed E-state index contributed by atoms with van der Waals surface area (Å²) in [6, 6.07) is 4.03. The first-order valence-electron chi connectivity index (χ1n) is 6.48. The summed E-state index contributed by atoms with van der Waals surface area (Å²) in [4.78, 5) is 11.5. The average molecular weight is 377 g/mol. The Morgan fingerprint density at radius 3 is 2.71 bits per heavy atom. The number of ether oxygens (including phenoxy) is 1. The van der Waals surface area contributed by atoms with Crippen molar-refractivity contribution in [1.82, 2.24) is 4.72 Å². The normalized spacial score (nSPS) is 16.5. The highest BCUT2D eigenvalue weighted by atomic mass is 79.9. The van der Waals surface area contributed by atoms with Gasteiger partial charge in [-0.25, -0.2) is 17.9 Å². The summed E-state index contributed by atoms with van der Waals surface area (Å²) in [5.41, 5.74) is 6.16. The molecular formula is C13H17BrN2O4S. The molecule has 1 fully saturated rings. The van der Waals surface area contributed by atoms with E-state index in [0.29, 0.717) is 10.4 Å². The third-order valence-corrected chi connectivity index (χ3v) is 5.78. The second kappa shape index (κ2) is 6.43. The molecule has 1 saturated carbocycles. The van der Waals surface area contributed by atoms with Gasteiger partial charge in [0.15, 0.2) is 0 Å². The van der Waals surface area contributed by atoms with Gasteiger partial charge in [0.05, 0.1) is 17.6 Å². The number of carbonyl (C=O) groups is 1. The molecule has 1 unspecified atom stereocenters. The Bertz CT molecular complexity index is 644. The maximum absolute atomic E-state index is 12.2. The zero-order valence-electron chi connectivity index (χ0n) is 11.5. The van der Waals surface area contributed by atoms with Crippen molar-refractivity contribution < 1.29 is 17.9 Å². The molecule has 21 heavy (non-hydrogen) atoms. The van der Waals surface area contributed by atoms with Gasteiger partial charge in [-0.1, -0.05) is 0 Å². The van der Waals surface area contributed by atoms with Gasteiger partial charge in [0, 0.05) is 17.1 Å². The fourth-order valence-corrected chi connectivity index (χ4v) is 4.09. The molecular weight excluding hydrogens is 360 g/mol. The largest absolute Gasteiger partial charge is 0.465 e. The van der Waals surface area contributed by atoms with Crippen LogP contribution in [0.1, 0.15) is 23.2 Å². The van der Waals surface area contributed by atoms with Gasteiger partial charge in [0.1, 0.15) is 0 Å². The number of sulfonamides is 1. The number of carbonyl (C=O) groups excluding carboxylic acids is 1. The Labute approximate surface area is 132 Å². The Balaban J connectivity index is 2.13. The third-order valence-electron chi connectivity index (χ3n) is 3.38. The van der Waals surface area contributed by atoms with Crippen molar-refractivity contribution in [3.63, 3.8) is 0 Å². The third kappa shape index (κ3) is 4.03. The van der Waals surface area contributed by atoms with Crippen molar-refractivity contribution in [2.75, 3.05) is 13.7 Å². The topological polar surface area (TPSA) is 98.5 Å². The molecule has 1 aromatic carbocycles. The Kier molecular flexibility index (Phi) is 5.03. The van der Waals surface area contributed by atoms with Crippen LogP contribution in [0.3, 0.4) is 0 Å². The van der Waals surface area contributed by atoms with Gasteiger partial charge in [0.25, 0.3) is 0 Å². The van der Waals surface area contributed by atoms with Gasteiger partial charge >= 0.3 is 5.97 Å². The van der Waals surface area contributed by atoms with Crippen LogP contribution in [0.5, 0.6) is 0 Å². The Morgan fingerprint density at radius 1 is 1.52 bits per heavy atom. The lowest BCUT2D eigenvalue weighted by Crippen LogP contribution is -2.38. The average Bonchev–Trinajstić information content (AvgIpc) is 3.28. The number of benzene rings is 1. The monoisotopic (exact) mass is 376 g/mol. The second-order valence-electron chi connectivity index (χ2n) is 4.99. The fourth-order valence-electron chi connectivity index (χ4n) is 1.94. The maximum atomic E-state index is 12.2. The van der Waals surface area contributed by atoms with Crippen molar-refractivity contribution in [2.24, 2.45) is 11.7 Å². The molecule has 6 nitrogen and oxygen atoms in total. The van der Waals surface area contributed by atoms with Crippen molar-refractivity contribution in [3.8, 4) is 0 Å². The van der Waals surface area contributed by atoms with Crippen LogP contribution in [0.15, 0.2) is 27.6 Å². The summed E-state index contributed by atoms with van der Waals surface area (Å²) in [7, 11) is -2.40. The van der Waals surface area contributed by atoms with E-state index in [-0.39, 0.29) is 23.0 Å². The van der Waals surface area contributed by atoms with E-state index in [1.165, 1.54) is 25.3 Å². The van der Waals surface area contributed by atoms with E-state index < -0.39 is 16.0 Å². The standard InChI is InChI=1S/C13H17BrN2O4S/c1-20-13(17)9-4-5-12(10(14)6-9)21(18,19)16-7-11(15)8-2-3-8/h4-6,8,11,16H,2-3,7,15H2,1H3. The summed E-state index contributed by atoms with van der Waals surface area (Å²) in [6.45, 7) is 0.207. The van der Waals surface area contributed by atoms with Crippen LogP contribution < -0.4 is 10.5 Å². The second-order valence-corrected chi connectivity index (χ2v) is 7.58. The molecule has 3 N–H and O–H groups in total. The molecule has 0 spiro atoms. The lowest BCUT2D eigenvalue weighted by Gasteiger charge is -2.13. The van der Waals surface area contributed by atoms with Crippen LogP contribution in [0.25, 0.3) is 0 Å². The van der Waals surface area contributed by atoms with Gasteiger partial charge in [-0.05, 0) is 52.9 Å². The predicted molar refractivity (Wildman–Crippen MR) is 81.4 cm³/mol. The molecule has 116 valence electrons. The molecule has 1 aliphatic rings. The predicted octanol–water partition coefficient (Wildman–Crippen LogP) is 1.25. The molecule has 0 aliphatic heterocycles. The van der Waals surface area contributed by atoms with E-state index >= 15 is 0 Å². The molecule has 0 heterocycles. The molecule has 0 saturated heterocycles. The highest BCUT2D eigenvalue weighted by Crippen LogP contribution is 2.31. The Hall–Kier alpha value is -0.960. The number of nitrogens with two attached hydrogens (primary N) is 1. The minimum absolute atomic E-state index is 0.0677. The minimum atomic E-state index is -3.67. The molecule has 0 bridgehead atoms. The molecule has 1 atom stereocenters. The Morgan fingerprint density at radius 2 is 2.19 bits per heavy atom. The van der Waals surface area contributed by atoms with E-state index in [9.17, 15) is 13.2 Å². The first kappa shape index (κ1) is 16.4. The molecule has 0 amide bonds. The molecule has 1 aliphatic carbocycles. The first-order chi connectivity index (χ1) is 9.85. The maximum Gasteiger partial charge on any atom is 0.337 e. The van der Waals surface area contributed by atoms with E-state index in [1.54, 1.807) is 0 Å². The number of halogens is 1. The van der Waals surface area contributed by atoms with Gasteiger partial charge in [-0.2, -0.15) is 0 Å². The summed E-state index contributed by atoms with van der Waals surface area (Å²) in [5, 5.41) is 0. The minimum Gasteiger partial charge on any atom is -0.465 e. The number of hydrogen-bond acceptors (Lipinski definition) is 5. The fraction of sp³-hybridized carbons (Fsp3) is 0.462. The number of hydrogen-bond donors (Lipinski definition) is 2. The number of methoxy groups -OCH3 is 1. The van der Waals surface area contributed by atoms with Gasteiger partial charge in [-0.3, -0.25) is 0 Å². The van der Waals surface area contributed by atoms with Crippen molar-refractivity contribution in [1.29, 1.82) is 0 Å². The smallest absolute Gasteiger partial charge is 0.337 e. The van der Waals surface area contributed by atoms with Crippen LogP contribution >= 0.6 is 15.9 Å². The van der Waals surface area contributed by atoms with E-state index in [4.69, 9.17) is 5.73 Å². The van der Waals surface area contributed by atoms with Crippen molar-refractivity contribution >= 4 is 31.9 Å². The first-order valence-corrected chi connectivity index (χ1v) is 8.76. The SMILES string of the molecule is COC(=O)c1ccc(S(=O)(=O)NCC(N)C2CC2)c(Br)c1. The molecule has 2 rings (SSSR count). The van der Waals surface area contributed by atoms with Gasteiger partial charge < -0.3 is 10.5 Å². The molecule has 0 aromatic heterocycles. The van der Waals surface area contributed by atoms with Crippen LogP contribution in [0.2, 0.25) is 0 Å². The zero-order valence-corrected chi connectivity index (χ0v) is 13.9. The molecule has 8 heteroatoms. The van der Waals surface area contributed by atoms with Gasteiger partial charge in [-0.15, -0.1) is 0 Å². The van der Waals surface area contributed by atoms with E-state index in [2.05, 4.69) is 25.4 Å². The highest BCUT2D eigenvalue weighted by Gasteiger charge is 2.29. The summed E-state index contributed by atoms with van der Waals surface area (Å²) in [5.74, 6) is -0.110.